The summed E-state index contributed by atoms with van der Waals surface area (Å²) < 4.78 is 0. The number of rotatable bonds is 5. The lowest BCUT2D eigenvalue weighted by Gasteiger charge is -2.21. The maximum Gasteiger partial charge on any atom is 0.0592 e. The average molecular weight is 308 g/mol. The minimum absolute atomic E-state index is 0.0711. The van der Waals surface area contributed by atoms with Crippen LogP contribution in [0.15, 0.2) is 42.5 Å². The molecule has 0 aliphatic rings. The van der Waals surface area contributed by atoms with Crippen molar-refractivity contribution in [2.24, 2.45) is 0 Å². The molecule has 0 heterocycles. The Bertz CT molecular complexity index is 581. The van der Waals surface area contributed by atoms with E-state index in [1.807, 2.05) is 31.2 Å². The molecule has 1 atom stereocenters. The second-order valence-electron chi connectivity index (χ2n) is 4.97. The lowest BCUT2D eigenvalue weighted by molar-refractivity contribution is 0.598. The lowest BCUT2D eigenvalue weighted by Crippen LogP contribution is -2.23. The van der Waals surface area contributed by atoms with Crippen LogP contribution in [0, 0.1) is 6.92 Å². The van der Waals surface area contributed by atoms with E-state index in [9.17, 15) is 0 Å². The Labute approximate surface area is 130 Å². The first-order valence-electron chi connectivity index (χ1n) is 6.86. The number of halogens is 2. The van der Waals surface area contributed by atoms with E-state index in [2.05, 4.69) is 30.4 Å². The third kappa shape index (κ3) is 3.76. The van der Waals surface area contributed by atoms with Gasteiger partial charge in [0, 0.05) is 10.0 Å². The molecule has 0 bridgehead atoms. The number of aryl methyl sites for hydroxylation is 1. The molecule has 0 aliphatic carbocycles. The molecule has 0 saturated carbocycles. The second-order valence-corrected chi connectivity index (χ2v) is 5.81. The molecule has 2 aromatic carbocycles. The Hall–Kier alpha value is -1.02. The maximum atomic E-state index is 6.42. The monoisotopic (exact) mass is 307 g/mol. The van der Waals surface area contributed by atoms with Crippen molar-refractivity contribution in [3.8, 4) is 0 Å². The fourth-order valence-electron chi connectivity index (χ4n) is 2.25. The smallest absolute Gasteiger partial charge is 0.0592 e. The van der Waals surface area contributed by atoms with Gasteiger partial charge in [-0.25, -0.2) is 0 Å². The van der Waals surface area contributed by atoms with E-state index in [1.54, 1.807) is 0 Å². The van der Waals surface area contributed by atoms with Gasteiger partial charge in [-0.05, 0) is 54.8 Å². The molecule has 106 valence electrons. The molecule has 1 N–H and O–H groups in total. The van der Waals surface area contributed by atoms with Crippen LogP contribution in [0.2, 0.25) is 10.0 Å². The fourth-order valence-corrected chi connectivity index (χ4v) is 2.79. The van der Waals surface area contributed by atoms with E-state index in [0.717, 1.165) is 34.1 Å². The summed E-state index contributed by atoms with van der Waals surface area (Å²) in [5.41, 5.74) is 3.39. The Kier molecular flexibility index (Phi) is 5.47. The van der Waals surface area contributed by atoms with Gasteiger partial charge < -0.3 is 5.32 Å². The zero-order chi connectivity index (χ0) is 14.5. The van der Waals surface area contributed by atoms with E-state index >= 15 is 0 Å². The lowest BCUT2D eigenvalue weighted by atomic mass is 9.97. The summed E-state index contributed by atoms with van der Waals surface area (Å²) >= 11 is 12.5. The highest BCUT2D eigenvalue weighted by molar-refractivity contribution is 6.31. The number of benzene rings is 2. The first-order chi connectivity index (χ1) is 9.61. The zero-order valence-electron chi connectivity index (χ0n) is 11.8. The quantitative estimate of drug-likeness (QED) is 0.780. The highest BCUT2D eigenvalue weighted by atomic mass is 35.5. The van der Waals surface area contributed by atoms with Crippen LogP contribution in [0.5, 0.6) is 0 Å². The highest BCUT2D eigenvalue weighted by Gasteiger charge is 2.16. The fraction of sp³-hybridized carbons (Fsp3) is 0.294. The highest BCUT2D eigenvalue weighted by Crippen LogP contribution is 2.30. The summed E-state index contributed by atoms with van der Waals surface area (Å²) in [6.45, 7) is 5.13. The molecule has 1 nitrogen and oxygen atoms in total. The molecule has 0 fully saturated rings. The van der Waals surface area contributed by atoms with Crippen LogP contribution >= 0.6 is 23.2 Å². The van der Waals surface area contributed by atoms with E-state index in [4.69, 9.17) is 23.2 Å². The van der Waals surface area contributed by atoms with Gasteiger partial charge in [0.2, 0.25) is 0 Å². The SMILES string of the molecule is CCCNC(c1cccc(Cl)c1)c1ccc(C)cc1Cl. The molecule has 0 aliphatic heterocycles. The number of nitrogens with one attached hydrogen (secondary N) is 1. The predicted molar refractivity (Wildman–Crippen MR) is 87.8 cm³/mol. The first kappa shape index (κ1) is 15.4. The van der Waals surface area contributed by atoms with Crippen molar-refractivity contribution in [2.45, 2.75) is 26.3 Å². The third-order valence-corrected chi connectivity index (χ3v) is 3.81. The normalized spacial score (nSPS) is 12.4. The van der Waals surface area contributed by atoms with Crippen LogP contribution in [0.1, 0.15) is 36.1 Å². The van der Waals surface area contributed by atoms with Crippen LogP contribution in [0.25, 0.3) is 0 Å². The summed E-state index contributed by atoms with van der Waals surface area (Å²) in [6, 6.07) is 14.2. The van der Waals surface area contributed by atoms with Crippen LogP contribution in [-0.4, -0.2) is 6.54 Å². The molecule has 0 saturated heterocycles. The number of hydrogen-bond acceptors (Lipinski definition) is 1. The van der Waals surface area contributed by atoms with Gasteiger partial charge in [-0.3, -0.25) is 0 Å². The predicted octanol–water partition coefficient (Wildman–Crippen LogP) is 5.39. The summed E-state index contributed by atoms with van der Waals surface area (Å²) in [5.74, 6) is 0. The minimum atomic E-state index is 0.0711. The summed E-state index contributed by atoms with van der Waals surface area (Å²) in [7, 11) is 0. The van der Waals surface area contributed by atoms with Crippen molar-refractivity contribution in [3.63, 3.8) is 0 Å². The van der Waals surface area contributed by atoms with E-state index < -0.39 is 0 Å². The molecule has 0 radical (unpaired) electrons. The van der Waals surface area contributed by atoms with Crippen molar-refractivity contribution < 1.29 is 0 Å². The molecule has 0 amide bonds. The van der Waals surface area contributed by atoms with Crippen LogP contribution in [-0.2, 0) is 0 Å². The average Bonchev–Trinajstić information content (AvgIpc) is 2.41. The first-order valence-corrected chi connectivity index (χ1v) is 7.62. The largest absolute Gasteiger partial charge is 0.306 e. The van der Waals surface area contributed by atoms with Crippen LogP contribution in [0.3, 0.4) is 0 Å². The molecule has 2 aromatic rings. The third-order valence-electron chi connectivity index (χ3n) is 3.25. The van der Waals surface area contributed by atoms with Gasteiger partial charge in [0.05, 0.1) is 6.04 Å². The van der Waals surface area contributed by atoms with Crippen molar-refractivity contribution in [2.75, 3.05) is 6.54 Å². The Morgan fingerprint density at radius 2 is 1.90 bits per heavy atom. The summed E-state index contributed by atoms with van der Waals surface area (Å²) in [4.78, 5) is 0. The molecule has 2 rings (SSSR count). The van der Waals surface area contributed by atoms with E-state index in [0.29, 0.717) is 0 Å². The minimum Gasteiger partial charge on any atom is -0.306 e. The van der Waals surface area contributed by atoms with Crippen LogP contribution < -0.4 is 5.32 Å². The van der Waals surface area contributed by atoms with Crippen molar-refractivity contribution >= 4 is 23.2 Å². The molecule has 0 aromatic heterocycles. The van der Waals surface area contributed by atoms with Gasteiger partial charge >= 0.3 is 0 Å². The van der Waals surface area contributed by atoms with Crippen molar-refractivity contribution in [3.05, 3.63) is 69.2 Å². The molecular formula is C17H19Cl2N. The Morgan fingerprint density at radius 1 is 1.10 bits per heavy atom. The van der Waals surface area contributed by atoms with Crippen molar-refractivity contribution in [1.82, 2.24) is 5.32 Å². The topological polar surface area (TPSA) is 12.0 Å². The molecule has 0 spiro atoms. The summed E-state index contributed by atoms with van der Waals surface area (Å²) in [5, 5.41) is 5.08. The Balaban J connectivity index is 2.41. The van der Waals surface area contributed by atoms with Gasteiger partial charge in [-0.15, -0.1) is 0 Å². The van der Waals surface area contributed by atoms with Crippen molar-refractivity contribution in [1.29, 1.82) is 0 Å². The van der Waals surface area contributed by atoms with Gasteiger partial charge in [0.15, 0.2) is 0 Å². The van der Waals surface area contributed by atoms with Gasteiger partial charge in [-0.2, -0.15) is 0 Å². The van der Waals surface area contributed by atoms with Gasteiger partial charge in [0.25, 0.3) is 0 Å². The molecule has 3 heteroatoms. The Morgan fingerprint density at radius 3 is 2.55 bits per heavy atom. The van der Waals surface area contributed by atoms with Crippen LogP contribution in [0.4, 0.5) is 0 Å². The second kappa shape index (κ2) is 7.12. The van der Waals surface area contributed by atoms with Gasteiger partial charge in [-0.1, -0.05) is 54.4 Å². The number of hydrogen-bond donors (Lipinski definition) is 1. The van der Waals surface area contributed by atoms with Gasteiger partial charge in [0.1, 0.15) is 0 Å². The molecular weight excluding hydrogens is 289 g/mol. The summed E-state index contributed by atoms with van der Waals surface area (Å²) in [6.07, 6.45) is 1.07. The maximum absolute atomic E-state index is 6.42. The molecule has 20 heavy (non-hydrogen) atoms. The molecule has 1 unspecified atom stereocenters. The van der Waals surface area contributed by atoms with E-state index in [-0.39, 0.29) is 6.04 Å². The van der Waals surface area contributed by atoms with E-state index in [1.165, 1.54) is 5.56 Å². The zero-order valence-corrected chi connectivity index (χ0v) is 13.3. The standard InChI is InChI=1S/C17H19Cl2N/c1-3-9-20-17(13-5-4-6-14(18)11-13)15-8-7-12(2)10-16(15)19/h4-8,10-11,17,20H,3,9H2,1-2H3.